The molecular weight excluding hydrogens is 396 g/mol. The number of ether oxygens (including phenoxy) is 1. The van der Waals surface area contributed by atoms with Gasteiger partial charge in [-0.3, -0.25) is 4.79 Å². The van der Waals surface area contributed by atoms with Crippen molar-refractivity contribution < 1.29 is 9.53 Å². The first-order chi connectivity index (χ1) is 14.3. The highest BCUT2D eigenvalue weighted by atomic mass is 32.2. The fourth-order valence-corrected chi connectivity index (χ4v) is 3.61. The van der Waals surface area contributed by atoms with E-state index in [9.17, 15) is 4.79 Å². The predicted octanol–water partition coefficient (Wildman–Crippen LogP) is 4.87. The molecule has 1 heterocycles. The van der Waals surface area contributed by atoms with Gasteiger partial charge in [0, 0.05) is 12.7 Å². The number of aryl methyl sites for hydroxylation is 2. The highest BCUT2D eigenvalue weighted by Crippen LogP contribution is 2.22. The maximum atomic E-state index is 12.3. The summed E-state index contributed by atoms with van der Waals surface area (Å²) in [5.74, 6) is 2.20. The first kappa shape index (κ1) is 21.9. The summed E-state index contributed by atoms with van der Waals surface area (Å²) in [6.07, 6.45) is 0. The van der Waals surface area contributed by atoms with E-state index in [0.717, 1.165) is 22.6 Å². The Hall–Kier alpha value is -2.80. The summed E-state index contributed by atoms with van der Waals surface area (Å²) in [5, 5.41) is 12.0. The quantitative estimate of drug-likeness (QED) is 0.523. The molecule has 30 heavy (non-hydrogen) atoms. The molecule has 158 valence electrons. The zero-order chi connectivity index (χ0) is 21.7. The van der Waals surface area contributed by atoms with Gasteiger partial charge in [0.25, 0.3) is 0 Å². The van der Waals surface area contributed by atoms with Gasteiger partial charge in [0.05, 0.1) is 5.75 Å². The standard InChI is InChI=1S/C23H28N4O2S/c1-15(2)18-8-10-19(11-9-18)24-22(28)14-30-23-26-25-21(27(23)5)13-29-20-12-16(3)6-7-17(20)4/h6-12,15H,13-14H2,1-5H3,(H,24,28). The molecule has 0 aliphatic heterocycles. The van der Waals surface area contributed by atoms with Crippen molar-refractivity contribution in [3.63, 3.8) is 0 Å². The third-order valence-corrected chi connectivity index (χ3v) is 5.84. The summed E-state index contributed by atoms with van der Waals surface area (Å²) in [6, 6.07) is 14.1. The second-order valence-electron chi connectivity index (χ2n) is 7.63. The van der Waals surface area contributed by atoms with Crippen LogP contribution in [0.25, 0.3) is 0 Å². The molecule has 7 heteroatoms. The second-order valence-corrected chi connectivity index (χ2v) is 8.57. The Balaban J connectivity index is 1.53. The van der Waals surface area contributed by atoms with E-state index in [1.807, 2.05) is 61.9 Å². The summed E-state index contributed by atoms with van der Waals surface area (Å²) >= 11 is 1.35. The Labute approximate surface area is 182 Å². The number of hydrogen-bond donors (Lipinski definition) is 1. The summed E-state index contributed by atoms with van der Waals surface area (Å²) in [5.41, 5.74) is 4.27. The average Bonchev–Trinajstić information content (AvgIpc) is 3.07. The van der Waals surface area contributed by atoms with Crippen molar-refractivity contribution in [1.82, 2.24) is 14.8 Å². The van der Waals surface area contributed by atoms with E-state index in [1.165, 1.54) is 17.3 Å². The zero-order valence-corrected chi connectivity index (χ0v) is 18.9. The minimum absolute atomic E-state index is 0.0755. The van der Waals surface area contributed by atoms with E-state index in [2.05, 4.69) is 35.4 Å². The van der Waals surface area contributed by atoms with Crippen LogP contribution in [0.2, 0.25) is 0 Å². The van der Waals surface area contributed by atoms with Gasteiger partial charge in [0.15, 0.2) is 11.0 Å². The molecule has 6 nitrogen and oxygen atoms in total. The van der Waals surface area contributed by atoms with E-state index in [-0.39, 0.29) is 11.7 Å². The van der Waals surface area contributed by atoms with Gasteiger partial charge in [-0.1, -0.05) is 49.9 Å². The van der Waals surface area contributed by atoms with Crippen LogP contribution < -0.4 is 10.1 Å². The minimum atomic E-state index is -0.0755. The lowest BCUT2D eigenvalue weighted by Gasteiger charge is -2.10. The van der Waals surface area contributed by atoms with E-state index >= 15 is 0 Å². The van der Waals surface area contributed by atoms with E-state index in [4.69, 9.17) is 4.74 Å². The molecule has 1 N–H and O–H groups in total. The van der Waals surface area contributed by atoms with Crippen LogP contribution in [0.1, 0.15) is 42.3 Å². The van der Waals surface area contributed by atoms with Gasteiger partial charge in [0.1, 0.15) is 12.4 Å². The lowest BCUT2D eigenvalue weighted by atomic mass is 10.0. The lowest BCUT2D eigenvalue weighted by Crippen LogP contribution is -2.14. The van der Waals surface area contributed by atoms with Crippen molar-refractivity contribution in [3.8, 4) is 5.75 Å². The number of hydrogen-bond acceptors (Lipinski definition) is 5. The fraction of sp³-hybridized carbons (Fsp3) is 0.348. The number of amides is 1. The predicted molar refractivity (Wildman–Crippen MR) is 121 cm³/mol. The second kappa shape index (κ2) is 9.80. The van der Waals surface area contributed by atoms with Crippen LogP contribution in [0.4, 0.5) is 5.69 Å². The third-order valence-electron chi connectivity index (χ3n) is 4.82. The molecule has 0 spiro atoms. The summed E-state index contributed by atoms with van der Waals surface area (Å²) in [7, 11) is 1.88. The number of nitrogens with zero attached hydrogens (tertiary/aromatic N) is 3. The Morgan fingerprint density at radius 2 is 1.87 bits per heavy atom. The number of carbonyl (C=O) groups excluding carboxylic acids is 1. The SMILES string of the molecule is Cc1ccc(C)c(OCc2nnc(SCC(=O)Nc3ccc(C(C)C)cc3)n2C)c1. The monoisotopic (exact) mass is 424 g/mol. The van der Waals surface area contributed by atoms with Crippen LogP contribution in [0.5, 0.6) is 5.75 Å². The minimum Gasteiger partial charge on any atom is -0.485 e. The highest BCUT2D eigenvalue weighted by Gasteiger charge is 2.13. The number of anilines is 1. The zero-order valence-electron chi connectivity index (χ0n) is 18.1. The van der Waals surface area contributed by atoms with Gasteiger partial charge in [-0.05, 0) is 54.7 Å². The smallest absolute Gasteiger partial charge is 0.234 e. The summed E-state index contributed by atoms with van der Waals surface area (Å²) < 4.78 is 7.78. The van der Waals surface area contributed by atoms with E-state index in [0.29, 0.717) is 23.5 Å². The molecule has 1 aromatic heterocycles. The van der Waals surface area contributed by atoms with Gasteiger partial charge in [0.2, 0.25) is 5.91 Å². The molecular formula is C23H28N4O2S. The molecule has 0 radical (unpaired) electrons. The Kier molecular flexibility index (Phi) is 7.15. The molecule has 0 saturated heterocycles. The first-order valence-corrected chi connectivity index (χ1v) is 10.9. The molecule has 0 unspecified atom stereocenters. The van der Waals surface area contributed by atoms with Crippen LogP contribution >= 0.6 is 11.8 Å². The van der Waals surface area contributed by atoms with Crippen LogP contribution in [-0.2, 0) is 18.4 Å². The van der Waals surface area contributed by atoms with Crippen LogP contribution in [0.3, 0.4) is 0 Å². The number of carbonyl (C=O) groups is 1. The van der Waals surface area contributed by atoms with Crippen LogP contribution in [0.15, 0.2) is 47.6 Å². The lowest BCUT2D eigenvalue weighted by molar-refractivity contribution is -0.113. The van der Waals surface area contributed by atoms with Crippen molar-refractivity contribution in [2.75, 3.05) is 11.1 Å². The Morgan fingerprint density at radius 1 is 1.13 bits per heavy atom. The molecule has 3 rings (SSSR count). The fourth-order valence-electron chi connectivity index (χ4n) is 2.88. The van der Waals surface area contributed by atoms with Gasteiger partial charge in [-0.15, -0.1) is 10.2 Å². The van der Waals surface area contributed by atoms with Gasteiger partial charge >= 0.3 is 0 Å². The van der Waals surface area contributed by atoms with Crippen molar-refractivity contribution in [3.05, 3.63) is 65.0 Å². The number of aromatic nitrogens is 3. The van der Waals surface area contributed by atoms with E-state index < -0.39 is 0 Å². The number of benzene rings is 2. The maximum Gasteiger partial charge on any atom is 0.234 e. The Bertz CT molecular complexity index is 1010. The number of thioether (sulfide) groups is 1. The summed E-state index contributed by atoms with van der Waals surface area (Å²) in [4.78, 5) is 12.3. The molecule has 0 aliphatic rings. The average molecular weight is 425 g/mol. The normalized spacial score (nSPS) is 11.0. The molecule has 0 atom stereocenters. The Morgan fingerprint density at radius 3 is 2.57 bits per heavy atom. The first-order valence-electron chi connectivity index (χ1n) is 9.94. The van der Waals surface area contributed by atoms with E-state index in [1.54, 1.807) is 0 Å². The molecule has 0 aliphatic carbocycles. The molecule has 0 bridgehead atoms. The molecule has 0 saturated carbocycles. The van der Waals surface area contributed by atoms with Crippen LogP contribution in [-0.4, -0.2) is 26.4 Å². The third kappa shape index (κ3) is 5.63. The van der Waals surface area contributed by atoms with Gasteiger partial charge in [-0.2, -0.15) is 0 Å². The molecule has 3 aromatic rings. The molecule has 1 amide bonds. The topological polar surface area (TPSA) is 69.0 Å². The van der Waals surface area contributed by atoms with Crippen LogP contribution in [0, 0.1) is 13.8 Å². The molecule has 0 fully saturated rings. The maximum absolute atomic E-state index is 12.3. The summed E-state index contributed by atoms with van der Waals surface area (Å²) in [6.45, 7) is 8.66. The van der Waals surface area contributed by atoms with Gasteiger partial charge in [-0.25, -0.2) is 0 Å². The van der Waals surface area contributed by atoms with Gasteiger partial charge < -0.3 is 14.6 Å². The van der Waals surface area contributed by atoms with Crippen molar-refractivity contribution >= 4 is 23.4 Å². The number of rotatable bonds is 8. The molecule has 2 aromatic carbocycles. The van der Waals surface area contributed by atoms with Crippen molar-refractivity contribution in [1.29, 1.82) is 0 Å². The van der Waals surface area contributed by atoms with Crippen molar-refractivity contribution in [2.45, 2.75) is 45.4 Å². The highest BCUT2D eigenvalue weighted by molar-refractivity contribution is 7.99. The largest absolute Gasteiger partial charge is 0.485 e. The van der Waals surface area contributed by atoms with Crippen molar-refractivity contribution in [2.24, 2.45) is 7.05 Å². The number of nitrogens with one attached hydrogen (secondary N) is 1.